The van der Waals surface area contributed by atoms with E-state index >= 15 is 0 Å². The zero-order chi connectivity index (χ0) is 22.8. The number of rotatable bonds is 5. The van der Waals surface area contributed by atoms with Crippen LogP contribution in [0.1, 0.15) is 63.8 Å². The maximum absolute atomic E-state index is 12.5. The molecule has 0 aliphatic carbocycles. The lowest BCUT2D eigenvalue weighted by Gasteiger charge is -2.30. The molecule has 2 aromatic carbocycles. The zero-order valence-electron chi connectivity index (χ0n) is 19.6. The molecule has 0 radical (unpaired) electrons. The van der Waals surface area contributed by atoms with Crippen molar-refractivity contribution >= 4 is 23.0 Å². The van der Waals surface area contributed by atoms with Crippen molar-refractivity contribution < 1.29 is 9.53 Å². The Morgan fingerprint density at radius 2 is 1.71 bits per heavy atom. The van der Waals surface area contributed by atoms with Crippen LogP contribution >= 0.6 is 0 Å². The van der Waals surface area contributed by atoms with Crippen LogP contribution < -0.4 is 10.2 Å². The second-order valence-electron chi connectivity index (χ2n) is 10.1. The summed E-state index contributed by atoms with van der Waals surface area (Å²) in [5, 5.41) is 5.18. The molecule has 1 aromatic heterocycles. The molecule has 0 bridgehead atoms. The second-order valence-corrected chi connectivity index (χ2v) is 10.1. The lowest BCUT2D eigenvalue weighted by Crippen LogP contribution is -2.27. The number of ether oxygens (including phenoxy) is 1. The molecule has 1 amide bonds. The molecule has 1 heterocycles. The molecule has 0 saturated heterocycles. The molecule has 3 rings (SSSR count). The summed E-state index contributed by atoms with van der Waals surface area (Å²) in [7, 11) is 0. The molecule has 5 heteroatoms. The van der Waals surface area contributed by atoms with Crippen molar-refractivity contribution in [3.05, 3.63) is 64.8 Å². The summed E-state index contributed by atoms with van der Waals surface area (Å²) in [6, 6.07) is 12.2. The first-order valence-corrected chi connectivity index (χ1v) is 10.6. The van der Waals surface area contributed by atoms with Crippen LogP contribution in [-0.4, -0.2) is 23.7 Å². The lowest BCUT2D eigenvalue weighted by molar-refractivity contribution is -0.123. The van der Waals surface area contributed by atoms with Gasteiger partial charge in [0, 0.05) is 33.8 Å². The number of amides is 1. The molecule has 0 atom stereocenters. The van der Waals surface area contributed by atoms with E-state index in [-0.39, 0.29) is 23.3 Å². The summed E-state index contributed by atoms with van der Waals surface area (Å²) >= 11 is 0. The minimum absolute atomic E-state index is 0.0963. The first-order chi connectivity index (χ1) is 14.5. The number of benzene rings is 2. The third kappa shape index (κ3) is 5.35. The second kappa shape index (κ2) is 8.58. The van der Waals surface area contributed by atoms with Gasteiger partial charge < -0.3 is 9.72 Å². The Labute approximate surface area is 184 Å². The van der Waals surface area contributed by atoms with Crippen LogP contribution in [0.5, 0.6) is 5.75 Å². The number of fused-ring (bicyclic) bond motifs is 1. The number of carbonyl (C=O) groups is 1. The van der Waals surface area contributed by atoms with E-state index in [1.165, 1.54) is 5.56 Å². The smallest absolute Gasteiger partial charge is 0.277 e. The van der Waals surface area contributed by atoms with Crippen molar-refractivity contribution in [3.63, 3.8) is 0 Å². The maximum Gasteiger partial charge on any atom is 0.277 e. The number of nitrogens with one attached hydrogen (secondary N) is 2. The van der Waals surface area contributed by atoms with Crippen molar-refractivity contribution in [2.45, 2.75) is 59.3 Å². The van der Waals surface area contributed by atoms with Gasteiger partial charge in [-0.25, -0.2) is 5.43 Å². The average Bonchev–Trinajstić information content (AvgIpc) is 3.14. The number of nitrogens with zero attached hydrogens (tertiary/aromatic N) is 1. The maximum atomic E-state index is 12.5. The summed E-state index contributed by atoms with van der Waals surface area (Å²) in [5.41, 5.74) is 7.73. The normalized spacial score (nSPS) is 12.5. The minimum Gasteiger partial charge on any atom is -0.483 e. The van der Waals surface area contributed by atoms with Gasteiger partial charge in [-0.05, 0) is 29.9 Å². The van der Waals surface area contributed by atoms with Gasteiger partial charge in [-0.3, -0.25) is 4.79 Å². The van der Waals surface area contributed by atoms with Crippen molar-refractivity contribution in [1.82, 2.24) is 10.4 Å². The summed E-state index contributed by atoms with van der Waals surface area (Å²) in [4.78, 5) is 15.6. The Morgan fingerprint density at radius 1 is 1.06 bits per heavy atom. The molecule has 164 valence electrons. The molecule has 2 N–H and O–H groups in total. The standard InChI is InChI=1S/C26H33N3O2/c1-17-13-20(25(2,3)4)24(21(14-17)26(5,6)7)31-16-23(30)29-28-15-18-9-8-10-22-19(18)11-12-27-22/h8-15,27H,16H2,1-7H3,(H,29,30)/b28-15+. The number of hydrogen-bond donors (Lipinski definition) is 2. The zero-order valence-corrected chi connectivity index (χ0v) is 19.6. The number of carbonyl (C=O) groups excluding carboxylic acids is 1. The highest BCUT2D eigenvalue weighted by molar-refractivity contribution is 5.98. The Balaban J connectivity index is 1.76. The minimum atomic E-state index is -0.294. The fraction of sp³-hybridized carbons (Fsp3) is 0.385. The number of hydrogen-bond acceptors (Lipinski definition) is 3. The van der Waals surface area contributed by atoms with E-state index in [1.807, 2.05) is 30.5 Å². The number of hydrazone groups is 1. The van der Waals surface area contributed by atoms with E-state index in [9.17, 15) is 4.79 Å². The molecule has 5 nitrogen and oxygen atoms in total. The predicted octanol–water partition coefficient (Wildman–Crippen LogP) is 5.60. The molecule has 3 aromatic rings. The number of aromatic nitrogens is 1. The molecule has 31 heavy (non-hydrogen) atoms. The molecular formula is C26H33N3O2. The Bertz CT molecular complexity index is 1080. The number of aryl methyl sites for hydroxylation is 1. The topological polar surface area (TPSA) is 66.5 Å². The van der Waals surface area contributed by atoms with Gasteiger partial charge in [-0.2, -0.15) is 5.10 Å². The summed E-state index contributed by atoms with van der Waals surface area (Å²) in [6.45, 7) is 15.0. The van der Waals surface area contributed by atoms with Crippen molar-refractivity contribution in [2.24, 2.45) is 5.10 Å². The highest BCUT2D eigenvalue weighted by Gasteiger charge is 2.27. The quantitative estimate of drug-likeness (QED) is 0.417. The first-order valence-electron chi connectivity index (χ1n) is 10.6. The molecule has 0 unspecified atom stereocenters. The van der Waals surface area contributed by atoms with Crippen LogP contribution in [0.4, 0.5) is 0 Å². The first kappa shape index (κ1) is 22.6. The van der Waals surface area contributed by atoms with Gasteiger partial charge in [0.1, 0.15) is 5.75 Å². The van der Waals surface area contributed by atoms with Gasteiger partial charge in [-0.1, -0.05) is 71.4 Å². The van der Waals surface area contributed by atoms with Gasteiger partial charge >= 0.3 is 0 Å². The summed E-state index contributed by atoms with van der Waals surface area (Å²) < 4.78 is 6.11. The third-order valence-electron chi connectivity index (χ3n) is 5.22. The molecular weight excluding hydrogens is 386 g/mol. The van der Waals surface area contributed by atoms with E-state index in [4.69, 9.17) is 4.74 Å². The Kier molecular flexibility index (Phi) is 6.25. The van der Waals surface area contributed by atoms with Crippen molar-refractivity contribution in [3.8, 4) is 5.75 Å². The molecule has 0 aliphatic heterocycles. The lowest BCUT2D eigenvalue weighted by atomic mass is 9.78. The highest BCUT2D eigenvalue weighted by Crippen LogP contribution is 2.40. The van der Waals surface area contributed by atoms with E-state index in [2.05, 4.69) is 76.1 Å². The van der Waals surface area contributed by atoms with Crippen LogP contribution in [0.2, 0.25) is 0 Å². The van der Waals surface area contributed by atoms with E-state index in [1.54, 1.807) is 6.21 Å². The molecule has 0 aliphatic rings. The summed E-state index contributed by atoms with van der Waals surface area (Å²) in [6.07, 6.45) is 3.54. The summed E-state index contributed by atoms with van der Waals surface area (Å²) in [5.74, 6) is 0.500. The Morgan fingerprint density at radius 3 is 2.32 bits per heavy atom. The highest BCUT2D eigenvalue weighted by atomic mass is 16.5. The van der Waals surface area contributed by atoms with E-state index < -0.39 is 0 Å². The monoisotopic (exact) mass is 419 g/mol. The van der Waals surface area contributed by atoms with Gasteiger partial charge in [0.2, 0.25) is 0 Å². The van der Waals surface area contributed by atoms with Gasteiger partial charge in [0.25, 0.3) is 5.91 Å². The van der Waals surface area contributed by atoms with E-state index in [0.29, 0.717) is 0 Å². The van der Waals surface area contributed by atoms with Gasteiger partial charge in [-0.15, -0.1) is 0 Å². The van der Waals surface area contributed by atoms with Gasteiger partial charge in [0.05, 0.1) is 6.21 Å². The molecule has 0 saturated carbocycles. The van der Waals surface area contributed by atoms with Crippen LogP contribution in [0.3, 0.4) is 0 Å². The third-order valence-corrected chi connectivity index (χ3v) is 5.22. The molecule has 0 spiro atoms. The van der Waals surface area contributed by atoms with Crippen LogP contribution in [0, 0.1) is 6.92 Å². The fourth-order valence-corrected chi connectivity index (χ4v) is 3.61. The largest absolute Gasteiger partial charge is 0.483 e. The van der Waals surface area contributed by atoms with Crippen LogP contribution in [0.25, 0.3) is 10.9 Å². The SMILES string of the molecule is Cc1cc(C(C)(C)C)c(OCC(=O)N/N=C/c2cccc3[nH]ccc23)c(C(C)(C)C)c1. The average molecular weight is 420 g/mol. The van der Waals surface area contributed by atoms with Crippen LogP contribution in [0.15, 0.2) is 47.7 Å². The fourth-order valence-electron chi connectivity index (χ4n) is 3.61. The van der Waals surface area contributed by atoms with Crippen LogP contribution in [-0.2, 0) is 15.6 Å². The van der Waals surface area contributed by atoms with Crippen molar-refractivity contribution in [2.75, 3.05) is 6.61 Å². The predicted molar refractivity (Wildman–Crippen MR) is 128 cm³/mol. The van der Waals surface area contributed by atoms with E-state index in [0.717, 1.165) is 33.3 Å². The molecule has 0 fully saturated rings. The van der Waals surface area contributed by atoms with Gasteiger partial charge in [0.15, 0.2) is 6.61 Å². The Hall–Kier alpha value is -3.08. The number of H-pyrrole nitrogens is 1. The van der Waals surface area contributed by atoms with Crippen molar-refractivity contribution in [1.29, 1.82) is 0 Å². The number of aromatic amines is 1.